The zero-order valence-corrected chi connectivity index (χ0v) is 72.1. The highest BCUT2D eigenvalue weighted by atomic mass is 35.5. The maximum Gasteiger partial charge on any atom is 0.414 e. The minimum atomic E-state index is -3.53. The van der Waals surface area contributed by atoms with E-state index in [0.29, 0.717) is 157 Å². The fourth-order valence-corrected chi connectivity index (χ4v) is 17.2. The number of ether oxygens (including phenoxy) is 2. The number of morpholine rings is 1. The summed E-state index contributed by atoms with van der Waals surface area (Å²) in [4.78, 5) is 97.2. The van der Waals surface area contributed by atoms with Crippen molar-refractivity contribution in [3.8, 4) is 45.0 Å². The van der Waals surface area contributed by atoms with Crippen molar-refractivity contribution in [2.24, 2.45) is 0 Å². The summed E-state index contributed by atoms with van der Waals surface area (Å²) in [5.74, 6) is -1.79. The molecule has 3 aliphatic heterocycles. The van der Waals surface area contributed by atoms with E-state index in [1.54, 1.807) is 151 Å². The lowest BCUT2D eigenvalue weighted by Gasteiger charge is -2.26. The van der Waals surface area contributed by atoms with Gasteiger partial charge in [-0.2, -0.15) is 0 Å². The third-order valence-electron chi connectivity index (χ3n) is 18.9. The molecule has 0 unspecified atom stereocenters. The summed E-state index contributed by atoms with van der Waals surface area (Å²) in [6.07, 6.45) is 9.41. The Hall–Kier alpha value is -11.1. The van der Waals surface area contributed by atoms with E-state index in [2.05, 4.69) is 52.7 Å². The van der Waals surface area contributed by atoms with E-state index in [-0.39, 0.29) is 70.8 Å². The van der Waals surface area contributed by atoms with Crippen LogP contribution in [-0.4, -0.2) is 141 Å². The van der Waals surface area contributed by atoms with Gasteiger partial charge in [-0.15, -0.1) is 6.58 Å². The van der Waals surface area contributed by atoms with Gasteiger partial charge in [-0.1, -0.05) is 123 Å². The Labute approximate surface area is 743 Å². The van der Waals surface area contributed by atoms with E-state index in [4.69, 9.17) is 102 Å². The van der Waals surface area contributed by atoms with Crippen molar-refractivity contribution >= 4 is 182 Å². The monoisotopic (exact) mass is 1830 g/mol. The molecule has 8 aromatic carbocycles. The fraction of sp³-hybridized carbons (Fsp3) is 0.146. The van der Waals surface area contributed by atoms with E-state index >= 15 is 0 Å². The molecule has 624 valence electrons. The molecular weight excluding hydrogens is 1760 g/mol. The van der Waals surface area contributed by atoms with Crippen LogP contribution in [0.25, 0.3) is 45.0 Å². The number of hydrogen-bond acceptors (Lipinski definition) is 17. The summed E-state index contributed by atoms with van der Waals surface area (Å²) in [5, 5.41) is 13.9. The number of anilines is 6. The minimum absolute atomic E-state index is 0.00724. The number of nitrogens with one attached hydrogen (secondary N) is 4. The van der Waals surface area contributed by atoms with Crippen LogP contribution in [0.15, 0.2) is 266 Å². The zero-order chi connectivity index (χ0) is 86.6. The molecule has 33 heteroatoms. The number of aromatic nitrogens is 4. The largest absolute Gasteiger partial charge is 0.447 e. The molecule has 0 spiro atoms. The van der Waals surface area contributed by atoms with Gasteiger partial charge in [0.1, 0.15) is 6.61 Å². The Bertz CT molecular complexity index is 5960. The molecule has 4 N–H and O–H groups in total. The number of hydrogen-bond donors (Lipinski definition) is 4. The smallest absolute Gasteiger partial charge is 0.414 e. The number of nitrogens with zero attached hydrogens (tertiary/aromatic N) is 7. The highest BCUT2D eigenvalue weighted by Crippen LogP contribution is 2.37. The summed E-state index contributed by atoms with van der Waals surface area (Å²) in [6, 6.07) is 60.5. The van der Waals surface area contributed by atoms with Crippen LogP contribution in [0, 0.1) is 0 Å². The van der Waals surface area contributed by atoms with Gasteiger partial charge in [0.25, 0.3) is 23.6 Å². The molecule has 0 bridgehead atoms. The van der Waals surface area contributed by atoms with E-state index in [1.165, 1.54) is 47.4 Å². The van der Waals surface area contributed by atoms with Crippen molar-refractivity contribution in [1.29, 1.82) is 0 Å². The van der Waals surface area contributed by atoms with Crippen molar-refractivity contribution in [3.63, 3.8) is 0 Å². The van der Waals surface area contributed by atoms with E-state index in [0.717, 1.165) is 25.1 Å². The fourth-order valence-electron chi connectivity index (χ4n) is 12.8. The number of cyclic esters (lactones) is 1. The number of carbonyl (C=O) groups excluding carboxylic acids is 6. The Morgan fingerprint density at radius 2 is 0.762 bits per heavy atom. The summed E-state index contributed by atoms with van der Waals surface area (Å²) in [6.45, 7) is 8.54. The zero-order valence-electron chi connectivity index (χ0n) is 64.4. The first-order valence-electron chi connectivity index (χ1n) is 37.6. The lowest BCUT2D eigenvalue weighted by molar-refractivity contribution is -0.117. The van der Waals surface area contributed by atoms with E-state index in [9.17, 15) is 45.6 Å². The predicted molar refractivity (Wildman–Crippen MR) is 483 cm³/mol. The molecule has 7 heterocycles. The number of sulfone groups is 2. The third-order valence-corrected chi connectivity index (χ3v) is 24.9. The SMILES string of the molecule is C=CCS(=O)(=O)c1ccc(C(=O)Nc2ccc(Cl)c(-c3ccccn3)c2)c(Cl)c1.O=C(Nc1ccc(Cl)c(-c2ccccn2)c1)c1ccc(N2CCCC2=O)cc1Cl.O=C(Nc1ccc(Cl)c(-c2ccccn2)c1)c1ccc(N2CCOC2=O)cc1Cl.O=C(Nc1ccc(Cl)c(-c2ccccn2)c1)c1ccc(S(=O)(=O)CCCN2CCOCC2)cc1Cl. The lowest BCUT2D eigenvalue weighted by atomic mass is 10.1. The van der Waals surface area contributed by atoms with Gasteiger partial charge in [-0.25, -0.2) is 21.6 Å². The standard InChI is InChI=1S/C25H25Cl2N3O4S.C22H17Cl2N3O2.C21H15Cl2N3O3.C21H16Cl2N2O3S/c26-22-8-5-18(16-21(22)24-4-1-2-9-28-24)29-25(31)20-7-6-19(17-23(20)27)35(32,33)15-3-10-30-11-13-34-14-12-30;23-18-9-6-14(12-17(18)20-4-1-2-10-25-20)26-22(29)16-8-7-15(13-19(16)24)27-11-3-5-21(27)28;22-17-7-4-13(11-16(17)19-3-1-2-8-24-19)25-20(27)15-6-5-14(12-18(15)23)26-9-10-29-21(26)28;1-2-11-29(27,28)15-7-8-16(19(23)13-15)21(26)25-14-6-9-18(22)17(12-14)20-5-3-4-10-24-20/h1-2,4-9,16-17H,3,10-15H2,(H,29,31);1-2,4,6-10,12-13H,3,5,11H2,(H,26,29);1-8,11-12H,9-10H2,(H,25,27);2-10,12-13H,1,11H2,(H,25,26). The Morgan fingerprint density at radius 3 is 1.08 bits per heavy atom. The molecule has 3 fully saturated rings. The van der Waals surface area contributed by atoms with Gasteiger partial charge in [-0.05, 0) is 214 Å². The molecule has 12 aromatic rings. The van der Waals surface area contributed by atoms with Gasteiger partial charge in [0.2, 0.25) is 5.91 Å². The van der Waals surface area contributed by atoms with Crippen LogP contribution in [0.4, 0.5) is 38.9 Å². The number of pyridine rings is 4. The average Bonchev–Trinajstić information content (AvgIpc) is 1.47. The Kier molecular flexibility index (Phi) is 31.1. The van der Waals surface area contributed by atoms with E-state index < -0.39 is 37.6 Å². The highest BCUT2D eigenvalue weighted by Gasteiger charge is 2.28. The second-order valence-electron chi connectivity index (χ2n) is 27.2. The summed E-state index contributed by atoms with van der Waals surface area (Å²) in [7, 11) is -7.05. The second kappa shape index (κ2) is 42.1. The van der Waals surface area contributed by atoms with Crippen molar-refractivity contribution < 1.29 is 55.1 Å². The molecule has 122 heavy (non-hydrogen) atoms. The van der Waals surface area contributed by atoms with Crippen molar-refractivity contribution in [2.45, 2.75) is 29.1 Å². The summed E-state index contributed by atoms with van der Waals surface area (Å²) < 4.78 is 60.0. The number of amides is 6. The first kappa shape index (κ1) is 90.1. The van der Waals surface area contributed by atoms with Crippen LogP contribution in [0.5, 0.6) is 0 Å². The number of rotatable bonds is 22. The molecule has 0 radical (unpaired) electrons. The molecule has 15 rings (SSSR count). The second-order valence-corrected chi connectivity index (χ2v) is 34.6. The van der Waals surface area contributed by atoms with Crippen LogP contribution >= 0.6 is 92.8 Å². The van der Waals surface area contributed by atoms with Crippen LogP contribution in [0.3, 0.4) is 0 Å². The molecule has 3 saturated heterocycles. The van der Waals surface area contributed by atoms with Gasteiger partial charge in [-0.3, -0.25) is 53.7 Å². The first-order chi connectivity index (χ1) is 58.7. The number of benzene rings is 8. The number of carbonyl (C=O) groups is 6. The normalized spacial score (nSPS) is 13.2. The van der Waals surface area contributed by atoms with Crippen molar-refractivity contribution in [3.05, 3.63) is 318 Å². The van der Waals surface area contributed by atoms with Crippen molar-refractivity contribution in [1.82, 2.24) is 24.8 Å². The average molecular weight is 1840 g/mol. The molecule has 0 aliphatic carbocycles. The van der Waals surface area contributed by atoms with Gasteiger partial charge >= 0.3 is 6.09 Å². The highest BCUT2D eigenvalue weighted by molar-refractivity contribution is 7.91. The Balaban J connectivity index is 0.000000149. The Morgan fingerprint density at radius 1 is 0.402 bits per heavy atom. The number of halogens is 8. The van der Waals surface area contributed by atoms with Crippen LogP contribution < -0.4 is 31.1 Å². The molecular formula is C89H73Cl8N11O12S2. The predicted octanol–water partition coefficient (Wildman–Crippen LogP) is 20.8. The summed E-state index contributed by atoms with van der Waals surface area (Å²) >= 11 is 50.3. The van der Waals surface area contributed by atoms with Crippen LogP contribution in [-0.2, 0) is 33.9 Å². The molecule has 4 aromatic heterocycles. The van der Waals surface area contributed by atoms with Gasteiger partial charge in [0, 0.05) is 107 Å². The van der Waals surface area contributed by atoms with Gasteiger partial charge in [0.15, 0.2) is 19.7 Å². The lowest BCUT2D eigenvalue weighted by Crippen LogP contribution is -2.37. The summed E-state index contributed by atoms with van der Waals surface area (Å²) in [5.41, 5.74) is 9.91. The first-order valence-corrected chi connectivity index (χ1v) is 43.9. The van der Waals surface area contributed by atoms with Gasteiger partial charge in [0.05, 0.1) is 126 Å². The molecule has 0 atom stereocenters. The topological polar surface area (TPSA) is 299 Å². The van der Waals surface area contributed by atoms with Crippen LogP contribution in [0.2, 0.25) is 40.2 Å². The molecule has 3 aliphatic rings. The minimum Gasteiger partial charge on any atom is -0.447 e. The molecule has 6 amide bonds. The molecule has 23 nitrogen and oxygen atoms in total. The van der Waals surface area contributed by atoms with E-state index in [1.807, 2.05) is 60.7 Å². The van der Waals surface area contributed by atoms with Crippen LogP contribution in [0.1, 0.15) is 60.7 Å². The third kappa shape index (κ3) is 23.6. The quantitative estimate of drug-likeness (QED) is 0.0458. The maximum atomic E-state index is 12.9. The van der Waals surface area contributed by atoms with Crippen molar-refractivity contribution in [2.75, 3.05) is 95.1 Å². The maximum absolute atomic E-state index is 12.9. The van der Waals surface area contributed by atoms with Gasteiger partial charge < -0.3 is 35.6 Å². The molecule has 0 saturated carbocycles.